The third-order valence-electron chi connectivity index (χ3n) is 3.71. The predicted molar refractivity (Wildman–Crippen MR) is 81.8 cm³/mol. The molecule has 4 aromatic rings. The average molecular weight is 275 g/mol. The van der Waals surface area contributed by atoms with E-state index in [9.17, 15) is 4.79 Å². The van der Waals surface area contributed by atoms with Crippen molar-refractivity contribution in [2.24, 2.45) is 0 Å². The Kier molecular flexibility index (Phi) is 2.48. The van der Waals surface area contributed by atoms with E-state index in [1.54, 1.807) is 0 Å². The Morgan fingerprint density at radius 1 is 1.05 bits per heavy atom. The minimum absolute atomic E-state index is 0.0871. The van der Waals surface area contributed by atoms with E-state index in [4.69, 9.17) is 4.42 Å². The van der Waals surface area contributed by atoms with Gasteiger partial charge in [0.05, 0.1) is 5.52 Å². The van der Waals surface area contributed by atoms with Crippen molar-refractivity contribution in [1.29, 1.82) is 0 Å². The predicted octanol–water partition coefficient (Wildman–Crippen LogP) is 4.22. The van der Waals surface area contributed by atoms with Crippen LogP contribution in [-0.4, -0.2) is 10.2 Å². The molecule has 0 aliphatic rings. The number of carbonyl (C=O) groups excluding carboxylic acids is 1. The molecule has 0 amide bonds. The summed E-state index contributed by atoms with van der Waals surface area (Å²) >= 11 is 0. The summed E-state index contributed by atoms with van der Waals surface area (Å²) in [7, 11) is 0. The monoisotopic (exact) mass is 275 g/mol. The zero-order valence-electron chi connectivity index (χ0n) is 11.5. The van der Waals surface area contributed by atoms with Crippen molar-refractivity contribution >= 4 is 22.4 Å². The number of furan rings is 1. The lowest BCUT2D eigenvalue weighted by molar-refractivity contribution is 0.101. The fourth-order valence-corrected chi connectivity index (χ4v) is 2.57. The number of fused-ring (bicyclic) bond motifs is 3. The number of nitrogens with zero attached hydrogens (tertiary/aromatic N) is 1. The van der Waals surface area contributed by atoms with Gasteiger partial charge >= 0.3 is 0 Å². The Balaban J connectivity index is 1.83. The van der Waals surface area contributed by atoms with Gasteiger partial charge in [0, 0.05) is 29.4 Å². The zero-order valence-corrected chi connectivity index (χ0v) is 11.5. The first kappa shape index (κ1) is 12.0. The molecule has 4 rings (SSSR count). The van der Waals surface area contributed by atoms with E-state index in [2.05, 4.69) is 0 Å². The first-order chi connectivity index (χ1) is 10.2. The van der Waals surface area contributed by atoms with Crippen LogP contribution in [-0.2, 0) is 0 Å². The maximum Gasteiger partial charge on any atom is 0.228 e. The smallest absolute Gasteiger partial charge is 0.228 e. The van der Waals surface area contributed by atoms with Gasteiger partial charge in [0.1, 0.15) is 0 Å². The van der Waals surface area contributed by atoms with Crippen LogP contribution in [0.1, 0.15) is 21.7 Å². The second-order valence-electron chi connectivity index (χ2n) is 5.20. The minimum Gasteiger partial charge on any atom is -0.451 e. The molecule has 0 radical (unpaired) electrons. The van der Waals surface area contributed by atoms with E-state index >= 15 is 0 Å². The van der Waals surface area contributed by atoms with Gasteiger partial charge in [0.15, 0.2) is 11.3 Å². The number of carbonyl (C=O) groups is 1. The highest BCUT2D eigenvalue weighted by molar-refractivity contribution is 6.09. The molecule has 0 saturated heterocycles. The summed E-state index contributed by atoms with van der Waals surface area (Å²) < 4.78 is 7.75. The Bertz CT molecular complexity index is 958. The molecule has 3 heteroatoms. The molecule has 102 valence electrons. The highest BCUT2D eigenvalue weighted by Crippen LogP contribution is 2.25. The molecule has 21 heavy (non-hydrogen) atoms. The van der Waals surface area contributed by atoms with Gasteiger partial charge in [-0.05, 0) is 19.1 Å². The van der Waals surface area contributed by atoms with E-state index in [-0.39, 0.29) is 5.78 Å². The minimum atomic E-state index is -0.0871. The van der Waals surface area contributed by atoms with E-state index in [1.807, 2.05) is 72.1 Å². The maximum absolute atomic E-state index is 12.5. The molecule has 0 unspecified atom stereocenters. The summed E-state index contributed by atoms with van der Waals surface area (Å²) in [6.07, 6.45) is 1.97. The SMILES string of the molecule is Cc1ccc(C(=O)c2cc3c(cc4ccccn43)o2)cc1. The highest BCUT2D eigenvalue weighted by atomic mass is 16.3. The topological polar surface area (TPSA) is 34.6 Å². The third-order valence-corrected chi connectivity index (χ3v) is 3.71. The summed E-state index contributed by atoms with van der Waals surface area (Å²) in [5, 5.41) is 0. The summed E-state index contributed by atoms with van der Waals surface area (Å²) in [6, 6.07) is 17.2. The van der Waals surface area contributed by atoms with Crippen LogP contribution in [0.2, 0.25) is 0 Å². The van der Waals surface area contributed by atoms with Crippen molar-refractivity contribution in [3.8, 4) is 0 Å². The largest absolute Gasteiger partial charge is 0.451 e. The van der Waals surface area contributed by atoms with Crippen LogP contribution < -0.4 is 0 Å². The second-order valence-corrected chi connectivity index (χ2v) is 5.20. The molecule has 1 aromatic carbocycles. The number of aromatic nitrogens is 1. The fraction of sp³-hybridized carbons (Fsp3) is 0.0556. The summed E-state index contributed by atoms with van der Waals surface area (Å²) in [4.78, 5) is 12.5. The van der Waals surface area contributed by atoms with E-state index in [1.165, 1.54) is 0 Å². The lowest BCUT2D eigenvalue weighted by atomic mass is 10.1. The number of hydrogen-bond acceptors (Lipinski definition) is 2. The fourth-order valence-electron chi connectivity index (χ4n) is 2.57. The Morgan fingerprint density at radius 3 is 2.67 bits per heavy atom. The first-order valence-electron chi connectivity index (χ1n) is 6.83. The number of hydrogen-bond donors (Lipinski definition) is 0. The maximum atomic E-state index is 12.5. The van der Waals surface area contributed by atoms with Crippen LogP contribution in [0.3, 0.4) is 0 Å². The molecule has 0 aliphatic carbocycles. The molecule has 3 aromatic heterocycles. The first-order valence-corrected chi connectivity index (χ1v) is 6.83. The molecule has 0 aliphatic heterocycles. The van der Waals surface area contributed by atoms with Gasteiger partial charge in [-0.15, -0.1) is 0 Å². The van der Waals surface area contributed by atoms with Gasteiger partial charge in [-0.25, -0.2) is 0 Å². The third kappa shape index (κ3) is 1.86. The van der Waals surface area contributed by atoms with Crippen molar-refractivity contribution in [2.45, 2.75) is 6.92 Å². The van der Waals surface area contributed by atoms with Gasteiger partial charge in [-0.2, -0.15) is 0 Å². The molecule has 0 N–H and O–H groups in total. The van der Waals surface area contributed by atoms with Crippen molar-refractivity contribution in [3.05, 3.63) is 77.7 Å². The van der Waals surface area contributed by atoms with Crippen LogP contribution in [0.5, 0.6) is 0 Å². The zero-order chi connectivity index (χ0) is 14.4. The summed E-state index contributed by atoms with van der Waals surface area (Å²) in [5.41, 5.74) is 4.48. The number of aryl methyl sites for hydroxylation is 1. The molecule has 3 nitrogen and oxygen atoms in total. The van der Waals surface area contributed by atoms with Crippen LogP contribution in [0.15, 0.2) is 65.2 Å². The van der Waals surface area contributed by atoms with Gasteiger partial charge in [-0.3, -0.25) is 4.79 Å². The Labute approximate surface area is 121 Å². The van der Waals surface area contributed by atoms with Crippen LogP contribution in [0, 0.1) is 6.92 Å². The van der Waals surface area contributed by atoms with Crippen molar-refractivity contribution in [2.75, 3.05) is 0 Å². The second kappa shape index (κ2) is 4.35. The van der Waals surface area contributed by atoms with E-state index < -0.39 is 0 Å². The summed E-state index contributed by atoms with van der Waals surface area (Å²) in [5.74, 6) is 0.290. The number of pyridine rings is 1. The van der Waals surface area contributed by atoms with Gasteiger partial charge in [-0.1, -0.05) is 35.9 Å². The molecular formula is C18H13NO2. The molecular weight excluding hydrogens is 262 g/mol. The number of rotatable bonds is 2. The lowest BCUT2D eigenvalue weighted by Crippen LogP contribution is -1.99. The van der Waals surface area contributed by atoms with Gasteiger partial charge < -0.3 is 8.82 Å². The summed E-state index contributed by atoms with van der Waals surface area (Å²) in [6.45, 7) is 2.00. The van der Waals surface area contributed by atoms with Crippen molar-refractivity contribution in [3.63, 3.8) is 0 Å². The average Bonchev–Trinajstić information content (AvgIpc) is 3.05. The van der Waals surface area contributed by atoms with Crippen LogP contribution in [0.4, 0.5) is 0 Å². The number of ketones is 1. The quantitative estimate of drug-likeness (QED) is 0.513. The van der Waals surface area contributed by atoms with E-state index in [0.29, 0.717) is 11.3 Å². The van der Waals surface area contributed by atoms with Gasteiger partial charge in [0.25, 0.3) is 0 Å². The van der Waals surface area contributed by atoms with Gasteiger partial charge in [0.2, 0.25) is 5.78 Å². The molecule has 0 atom stereocenters. The van der Waals surface area contributed by atoms with E-state index in [0.717, 1.165) is 22.2 Å². The van der Waals surface area contributed by atoms with Crippen molar-refractivity contribution < 1.29 is 9.21 Å². The molecule has 0 spiro atoms. The highest BCUT2D eigenvalue weighted by Gasteiger charge is 2.16. The van der Waals surface area contributed by atoms with Crippen LogP contribution in [0.25, 0.3) is 16.6 Å². The standard InChI is InChI=1S/C18H13NO2/c1-12-5-7-13(8-6-12)18(20)17-11-15-16(21-17)10-14-4-2-3-9-19(14)15/h2-11H,1H3. The number of benzene rings is 1. The molecule has 0 bridgehead atoms. The normalized spacial score (nSPS) is 11.3. The van der Waals surface area contributed by atoms with Crippen molar-refractivity contribution in [1.82, 2.24) is 4.40 Å². The Hall–Kier alpha value is -2.81. The Morgan fingerprint density at radius 2 is 1.86 bits per heavy atom. The molecule has 0 saturated carbocycles. The van der Waals surface area contributed by atoms with Crippen LogP contribution >= 0.6 is 0 Å². The lowest BCUT2D eigenvalue weighted by Gasteiger charge is -1.98. The molecule has 3 heterocycles. The molecule has 0 fully saturated rings.